The smallest absolute Gasteiger partial charge is 0.252 e. The summed E-state index contributed by atoms with van der Waals surface area (Å²) in [4.78, 5) is 13.4. The summed E-state index contributed by atoms with van der Waals surface area (Å²) in [6.07, 6.45) is 2.80. The highest BCUT2D eigenvalue weighted by molar-refractivity contribution is 7.91. The van der Waals surface area contributed by atoms with Gasteiger partial charge in [0.15, 0.2) is 0 Å². The number of amides is 1. The first-order valence-corrected chi connectivity index (χ1v) is 12.5. The molecular weight excluding hydrogens is 424 g/mol. The lowest BCUT2D eigenvalue weighted by atomic mass is 10.1. The van der Waals surface area contributed by atoms with E-state index < -0.39 is 10.0 Å². The number of nitrogens with zero attached hydrogens (tertiary/aromatic N) is 1. The zero-order valence-electron chi connectivity index (χ0n) is 17.1. The fraction of sp³-hybridized carbons (Fsp3) is 0.476. The summed E-state index contributed by atoms with van der Waals surface area (Å²) in [5.74, 6) is 1.15. The van der Waals surface area contributed by atoms with Gasteiger partial charge in [-0.05, 0) is 44.9 Å². The second-order valence-electron chi connectivity index (χ2n) is 7.58. The van der Waals surface area contributed by atoms with Gasteiger partial charge in [-0.15, -0.1) is 11.3 Å². The van der Waals surface area contributed by atoms with Gasteiger partial charge < -0.3 is 14.8 Å². The van der Waals surface area contributed by atoms with E-state index in [1.807, 2.05) is 19.9 Å². The summed E-state index contributed by atoms with van der Waals surface area (Å²) in [5, 5.41) is 2.89. The lowest BCUT2D eigenvalue weighted by Crippen LogP contribution is -2.27. The number of carbonyl (C=O) groups is 1. The molecule has 3 heterocycles. The first-order chi connectivity index (χ1) is 14.4. The molecular formula is C21H26N2O5S2. The van der Waals surface area contributed by atoms with E-state index in [9.17, 15) is 13.2 Å². The van der Waals surface area contributed by atoms with Crippen LogP contribution in [0.4, 0.5) is 5.69 Å². The van der Waals surface area contributed by atoms with Gasteiger partial charge in [-0.25, -0.2) is 8.42 Å². The maximum atomic E-state index is 12.7. The van der Waals surface area contributed by atoms with E-state index >= 15 is 0 Å². The molecule has 2 aliphatic heterocycles. The maximum absolute atomic E-state index is 12.7. The second-order valence-corrected chi connectivity index (χ2v) is 10.9. The number of sulfonamides is 1. The molecule has 1 atom stereocenters. The van der Waals surface area contributed by atoms with E-state index in [2.05, 4.69) is 5.32 Å². The highest BCUT2D eigenvalue weighted by Crippen LogP contribution is 2.38. The van der Waals surface area contributed by atoms with Gasteiger partial charge in [0.2, 0.25) is 5.91 Å². The Kier molecular flexibility index (Phi) is 6.04. The number of rotatable bonds is 7. The zero-order valence-corrected chi connectivity index (χ0v) is 18.8. The minimum absolute atomic E-state index is 0.0973. The predicted octanol–water partition coefficient (Wildman–Crippen LogP) is 3.44. The molecule has 162 valence electrons. The Bertz CT molecular complexity index is 1040. The SMILES string of the molecule is CCOc1cc2c(cc1NC(=O)Cc1ccc(S(=O)(=O)N3CCCC3)s1)O[C@H](C)C2. The number of anilines is 1. The molecule has 7 nitrogen and oxygen atoms in total. The van der Waals surface area contributed by atoms with Gasteiger partial charge in [0.25, 0.3) is 10.0 Å². The van der Waals surface area contributed by atoms with Crippen LogP contribution in [0.15, 0.2) is 28.5 Å². The highest BCUT2D eigenvalue weighted by atomic mass is 32.2. The third-order valence-corrected chi connectivity index (χ3v) is 8.65. The fourth-order valence-electron chi connectivity index (χ4n) is 3.81. The zero-order chi connectivity index (χ0) is 21.3. The molecule has 2 aromatic rings. The number of ether oxygens (including phenoxy) is 2. The predicted molar refractivity (Wildman–Crippen MR) is 116 cm³/mol. The van der Waals surface area contributed by atoms with Crippen molar-refractivity contribution in [1.82, 2.24) is 4.31 Å². The minimum Gasteiger partial charge on any atom is -0.492 e. The average Bonchev–Trinajstić information content (AvgIpc) is 3.42. The van der Waals surface area contributed by atoms with Gasteiger partial charge in [-0.1, -0.05) is 0 Å². The van der Waals surface area contributed by atoms with Crippen LogP contribution >= 0.6 is 11.3 Å². The van der Waals surface area contributed by atoms with Gasteiger partial charge in [0.05, 0.1) is 18.7 Å². The Morgan fingerprint density at radius 1 is 1.30 bits per heavy atom. The van der Waals surface area contributed by atoms with Gasteiger partial charge in [-0.2, -0.15) is 4.31 Å². The van der Waals surface area contributed by atoms with Crippen molar-refractivity contribution in [2.24, 2.45) is 0 Å². The van der Waals surface area contributed by atoms with Crippen LogP contribution in [0.5, 0.6) is 11.5 Å². The average molecular weight is 451 g/mol. The molecule has 0 aliphatic carbocycles. The maximum Gasteiger partial charge on any atom is 0.252 e. The van der Waals surface area contributed by atoms with Crippen molar-refractivity contribution in [1.29, 1.82) is 0 Å². The molecule has 0 saturated carbocycles. The van der Waals surface area contributed by atoms with Crippen LogP contribution in [0.1, 0.15) is 37.1 Å². The third-order valence-electron chi connectivity index (χ3n) is 5.20. The summed E-state index contributed by atoms with van der Waals surface area (Å²) >= 11 is 1.15. The van der Waals surface area contributed by atoms with Crippen LogP contribution in [-0.4, -0.2) is 44.4 Å². The Morgan fingerprint density at radius 3 is 2.80 bits per heavy atom. The lowest BCUT2D eigenvalue weighted by Gasteiger charge is -2.14. The minimum atomic E-state index is -3.46. The molecule has 0 unspecified atom stereocenters. The van der Waals surface area contributed by atoms with Crippen molar-refractivity contribution in [3.05, 3.63) is 34.7 Å². The van der Waals surface area contributed by atoms with Crippen molar-refractivity contribution < 1.29 is 22.7 Å². The Balaban J connectivity index is 1.47. The second kappa shape index (κ2) is 8.56. The van der Waals surface area contributed by atoms with Crippen molar-refractivity contribution in [3.63, 3.8) is 0 Å². The topological polar surface area (TPSA) is 84.9 Å². The molecule has 30 heavy (non-hydrogen) atoms. The molecule has 1 aromatic heterocycles. The molecule has 0 bridgehead atoms. The van der Waals surface area contributed by atoms with Crippen LogP contribution in [0.3, 0.4) is 0 Å². The standard InChI is InChI=1S/C21H26N2O5S2/c1-3-27-19-11-15-10-14(2)28-18(15)13-17(19)22-20(24)12-16-6-7-21(29-16)30(25,26)23-8-4-5-9-23/h6-7,11,13-14H,3-5,8-10,12H2,1-2H3,(H,22,24)/t14-/m1/s1. The van der Waals surface area contributed by atoms with Crippen LogP contribution in [0.25, 0.3) is 0 Å². The van der Waals surface area contributed by atoms with E-state index in [4.69, 9.17) is 9.47 Å². The van der Waals surface area contributed by atoms with E-state index in [1.54, 1.807) is 18.2 Å². The lowest BCUT2D eigenvalue weighted by molar-refractivity contribution is -0.115. The van der Waals surface area contributed by atoms with Crippen molar-refractivity contribution in [2.45, 2.75) is 49.8 Å². The monoisotopic (exact) mass is 450 g/mol. The van der Waals surface area contributed by atoms with Crippen molar-refractivity contribution >= 4 is 33.0 Å². The highest BCUT2D eigenvalue weighted by Gasteiger charge is 2.29. The summed E-state index contributed by atoms with van der Waals surface area (Å²) in [5.41, 5.74) is 1.63. The number of benzene rings is 1. The molecule has 1 N–H and O–H groups in total. The largest absolute Gasteiger partial charge is 0.492 e. The molecule has 4 rings (SSSR count). The van der Waals surface area contributed by atoms with Crippen LogP contribution < -0.4 is 14.8 Å². The van der Waals surface area contributed by atoms with Gasteiger partial charge in [-0.3, -0.25) is 4.79 Å². The molecule has 0 spiro atoms. The first-order valence-electron chi connectivity index (χ1n) is 10.2. The van der Waals surface area contributed by atoms with Crippen LogP contribution in [0, 0.1) is 0 Å². The number of thiophene rings is 1. The third kappa shape index (κ3) is 4.33. The first kappa shape index (κ1) is 21.1. The number of nitrogens with one attached hydrogen (secondary N) is 1. The normalized spacial score (nSPS) is 18.8. The van der Waals surface area contributed by atoms with Crippen LogP contribution in [0.2, 0.25) is 0 Å². The molecule has 9 heteroatoms. The Labute approximate surface area is 181 Å². The number of fused-ring (bicyclic) bond motifs is 1. The van der Waals surface area contributed by atoms with Gasteiger partial charge in [0, 0.05) is 36.0 Å². The molecule has 2 aliphatic rings. The summed E-state index contributed by atoms with van der Waals surface area (Å²) in [7, 11) is -3.46. The molecule has 1 amide bonds. The van der Waals surface area contributed by atoms with E-state index in [0.717, 1.165) is 41.9 Å². The Hall–Kier alpha value is -2.10. The van der Waals surface area contributed by atoms with E-state index in [1.165, 1.54) is 4.31 Å². The number of carbonyl (C=O) groups excluding carboxylic acids is 1. The molecule has 1 aromatic carbocycles. The van der Waals surface area contributed by atoms with E-state index in [0.29, 0.717) is 40.2 Å². The van der Waals surface area contributed by atoms with Gasteiger partial charge in [0.1, 0.15) is 21.8 Å². The van der Waals surface area contributed by atoms with Crippen molar-refractivity contribution in [3.8, 4) is 11.5 Å². The molecule has 1 fully saturated rings. The quantitative estimate of drug-likeness (QED) is 0.699. The number of hydrogen-bond donors (Lipinski definition) is 1. The summed E-state index contributed by atoms with van der Waals surface area (Å²) < 4.78 is 38.7. The van der Waals surface area contributed by atoms with E-state index in [-0.39, 0.29) is 18.4 Å². The fourth-order valence-corrected chi connectivity index (χ4v) is 6.84. The summed E-state index contributed by atoms with van der Waals surface area (Å²) in [6, 6.07) is 7.03. The molecule has 0 radical (unpaired) electrons. The van der Waals surface area contributed by atoms with Crippen LogP contribution in [-0.2, 0) is 27.7 Å². The molecule has 1 saturated heterocycles. The number of hydrogen-bond acceptors (Lipinski definition) is 6. The summed E-state index contributed by atoms with van der Waals surface area (Å²) in [6.45, 7) is 5.51. The Morgan fingerprint density at radius 2 is 2.07 bits per heavy atom. The van der Waals surface area contributed by atoms with Gasteiger partial charge >= 0.3 is 0 Å². The van der Waals surface area contributed by atoms with Crippen molar-refractivity contribution in [2.75, 3.05) is 25.0 Å².